The number of anilines is 1. The zero-order valence-electron chi connectivity index (χ0n) is 13.0. The summed E-state index contributed by atoms with van der Waals surface area (Å²) >= 11 is 0. The molecule has 1 aromatic carbocycles. The SMILES string of the molecule is CCCNc1cc(C(=O)N(C)CC(C)C)ccc1[N+](=O)[O-]. The normalized spacial score (nSPS) is 10.5. The molecule has 0 bridgehead atoms. The van der Waals surface area contributed by atoms with Crippen LogP contribution in [-0.2, 0) is 0 Å². The molecule has 0 heterocycles. The van der Waals surface area contributed by atoms with E-state index in [0.29, 0.717) is 30.3 Å². The highest BCUT2D eigenvalue weighted by atomic mass is 16.6. The van der Waals surface area contributed by atoms with E-state index in [1.807, 2.05) is 20.8 Å². The number of hydrogen-bond acceptors (Lipinski definition) is 4. The molecule has 1 N–H and O–H groups in total. The number of rotatable bonds is 7. The predicted octanol–water partition coefficient (Wildman–Crippen LogP) is 3.14. The summed E-state index contributed by atoms with van der Waals surface area (Å²) in [5, 5.41) is 14.0. The molecule has 6 heteroatoms. The van der Waals surface area contributed by atoms with Gasteiger partial charge >= 0.3 is 0 Å². The quantitative estimate of drug-likeness (QED) is 0.619. The largest absolute Gasteiger partial charge is 0.379 e. The molecule has 0 atom stereocenters. The Kier molecular flexibility index (Phi) is 6.14. The second kappa shape index (κ2) is 7.61. The molecule has 0 saturated heterocycles. The van der Waals surface area contributed by atoms with Gasteiger partial charge in [0.25, 0.3) is 11.6 Å². The molecule has 0 fully saturated rings. The molecule has 1 rings (SSSR count). The smallest absolute Gasteiger partial charge is 0.292 e. The molecule has 21 heavy (non-hydrogen) atoms. The standard InChI is InChI=1S/C15H23N3O3/c1-5-8-16-13-9-12(6-7-14(13)18(20)21)15(19)17(4)10-11(2)3/h6-7,9,11,16H,5,8,10H2,1-4H3. The minimum absolute atomic E-state index is 0.00786. The molecule has 1 aromatic rings. The molecule has 1 amide bonds. The van der Waals surface area contributed by atoms with Gasteiger partial charge in [-0.05, 0) is 24.5 Å². The first kappa shape index (κ1) is 16.9. The number of carbonyl (C=O) groups is 1. The topological polar surface area (TPSA) is 75.5 Å². The fourth-order valence-electron chi connectivity index (χ4n) is 2.08. The van der Waals surface area contributed by atoms with Crippen LogP contribution in [0, 0.1) is 16.0 Å². The number of nitrogens with zero attached hydrogens (tertiary/aromatic N) is 2. The van der Waals surface area contributed by atoms with Crippen LogP contribution in [0.1, 0.15) is 37.6 Å². The molecule has 0 unspecified atom stereocenters. The van der Waals surface area contributed by atoms with Gasteiger partial charge in [0.2, 0.25) is 0 Å². The van der Waals surface area contributed by atoms with Crippen molar-refractivity contribution in [2.45, 2.75) is 27.2 Å². The van der Waals surface area contributed by atoms with Crippen molar-refractivity contribution in [2.75, 3.05) is 25.5 Å². The third kappa shape index (κ3) is 4.73. The lowest BCUT2D eigenvalue weighted by molar-refractivity contribution is -0.384. The van der Waals surface area contributed by atoms with Crippen molar-refractivity contribution in [3.05, 3.63) is 33.9 Å². The van der Waals surface area contributed by atoms with E-state index in [0.717, 1.165) is 6.42 Å². The van der Waals surface area contributed by atoms with E-state index in [-0.39, 0.29) is 11.6 Å². The minimum Gasteiger partial charge on any atom is -0.379 e. The van der Waals surface area contributed by atoms with Gasteiger partial charge in [-0.15, -0.1) is 0 Å². The third-order valence-corrected chi connectivity index (χ3v) is 2.99. The average Bonchev–Trinajstić information content (AvgIpc) is 2.42. The summed E-state index contributed by atoms with van der Waals surface area (Å²) in [6.07, 6.45) is 0.850. The maximum Gasteiger partial charge on any atom is 0.292 e. The molecular formula is C15H23N3O3. The molecule has 0 aromatic heterocycles. The Morgan fingerprint density at radius 1 is 1.43 bits per heavy atom. The molecular weight excluding hydrogens is 270 g/mol. The summed E-state index contributed by atoms with van der Waals surface area (Å²) in [7, 11) is 1.74. The maximum atomic E-state index is 12.3. The van der Waals surface area contributed by atoms with Crippen molar-refractivity contribution in [3.8, 4) is 0 Å². The third-order valence-electron chi connectivity index (χ3n) is 2.99. The van der Waals surface area contributed by atoms with Crippen LogP contribution in [0.5, 0.6) is 0 Å². The number of carbonyl (C=O) groups excluding carboxylic acids is 1. The van der Waals surface area contributed by atoms with Gasteiger partial charge in [-0.3, -0.25) is 14.9 Å². The zero-order valence-corrected chi connectivity index (χ0v) is 13.0. The summed E-state index contributed by atoms with van der Waals surface area (Å²) < 4.78 is 0. The fourth-order valence-corrected chi connectivity index (χ4v) is 2.08. The summed E-state index contributed by atoms with van der Waals surface area (Å²) in [5.41, 5.74) is 0.847. The Bertz CT molecular complexity index is 515. The molecule has 0 saturated carbocycles. The summed E-state index contributed by atoms with van der Waals surface area (Å²) in [5.74, 6) is 0.243. The van der Waals surface area contributed by atoms with Crippen LogP contribution in [0.25, 0.3) is 0 Å². The van der Waals surface area contributed by atoms with Crippen LogP contribution >= 0.6 is 0 Å². The van der Waals surface area contributed by atoms with E-state index in [9.17, 15) is 14.9 Å². The van der Waals surface area contributed by atoms with Gasteiger partial charge < -0.3 is 10.2 Å². The molecule has 0 aliphatic carbocycles. The first-order chi connectivity index (χ1) is 9.86. The number of benzene rings is 1. The Labute approximate surface area is 125 Å². The van der Waals surface area contributed by atoms with Crippen LogP contribution in [-0.4, -0.2) is 35.9 Å². The molecule has 6 nitrogen and oxygen atoms in total. The van der Waals surface area contributed by atoms with Crippen molar-refractivity contribution in [3.63, 3.8) is 0 Å². The van der Waals surface area contributed by atoms with Crippen molar-refractivity contribution in [1.29, 1.82) is 0 Å². The molecule has 0 aliphatic rings. The van der Waals surface area contributed by atoms with Crippen molar-refractivity contribution < 1.29 is 9.72 Å². The van der Waals surface area contributed by atoms with Crippen molar-refractivity contribution in [1.82, 2.24) is 4.90 Å². The van der Waals surface area contributed by atoms with E-state index in [1.165, 1.54) is 12.1 Å². The van der Waals surface area contributed by atoms with Gasteiger partial charge in [-0.25, -0.2) is 0 Å². The summed E-state index contributed by atoms with van der Waals surface area (Å²) in [6, 6.07) is 4.45. The number of amides is 1. The number of hydrogen-bond donors (Lipinski definition) is 1. The van der Waals surface area contributed by atoms with E-state index in [1.54, 1.807) is 18.0 Å². The molecule has 116 valence electrons. The van der Waals surface area contributed by atoms with Crippen LogP contribution in [0.15, 0.2) is 18.2 Å². The number of nitrogens with one attached hydrogen (secondary N) is 1. The van der Waals surface area contributed by atoms with Crippen molar-refractivity contribution in [2.24, 2.45) is 5.92 Å². The molecule has 0 spiro atoms. The minimum atomic E-state index is -0.440. The van der Waals surface area contributed by atoms with Crippen molar-refractivity contribution >= 4 is 17.3 Å². The lowest BCUT2D eigenvalue weighted by Gasteiger charge is -2.19. The van der Waals surface area contributed by atoms with E-state index >= 15 is 0 Å². The Hall–Kier alpha value is -2.11. The second-order valence-corrected chi connectivity index (χ2v) is 5.50. The Balaban J connectivity index is 3.03. The molecule has 0 aliphatic heterocycles. The van der Waals surface area contributed by atoms with Gasteiger partial charge in [0.05, 0.1) is 4.92 Å². The van der Waals surface area contributed by atoms with E-state index in [2.05, 4.69) is 5.32 Å². The Morgan fingerprint density at radius 3 is 2.62 bits per heavy atom. The van der Waals surface area contributed by atoms with Gasteiger partial charge in [-0.1, -0.05) is 20.8 Å². The first-order valence-electron chi connectivity index (χ1n) is 7.14. The van der Waals surface area contributed by atoms with Crippen LogP contribution in [0.2, 0.25) is 0 Å². The summed E-state index contributed by atoms with van der Waals surface area (Å²) in [4.78, 5) is 24.5. The lowest BCUT2D eigenvalue weighted by atomic mass is 10.1. The highest BCUT2D eigenvalue weighted by molar-refractivity contribution is 5.95. The molecule has 0 radical (unpaired) electrons. The number of nitro groups is 1. The van der Waals surface area contributed by atoms with E-state index in [4.69, 9.17) is 0 Å². The zero-order chi connectivity index (χ0) is 16.0. The van der Waals surface area contributed by atoms with Crippen LogP contribution in [0.4, 0.5) is 11.4 Å². The highest BCUT2D eigenvalue weighted by Gasteiger charge is 2.18. The second-order valence-electron chi connectivity index (χ2n) is 5.50. The predicted molar refractivity (Wildman–Crippen MR) is 83.7 cm³/mol. The van der Waals surface area contributed by atoms with Gasteiger partial charge in [-0.2, -0.15) is 0 Å². The number of nitro benzene ring substituents is 1. The average molecular weight is 293 g/mol. The fraction of sp³-hybridized carbons (Fsp3) is 0.533. The van der Waals surface area contributed by atoms with Gasteiger partial charge in [0, 0.05) is 31.8 Å². The van der Waals surface area contributed by atoms with Gasteiger partial charge in [0.15, 0.2) is 0 Å². The first-order valence-corrected chi connectivity index (χ1v) is 7.14. The van der Waals surface area contributed by atoms with E-state index < -0.39 is 4.92 Å². The highest BCUT2D eigenvalue weighted by Crippen LogP contribution is 2.26. The van der Waals surface area contributed by atoms with Crippen LogP contribution < -0.4 is 5.32 Å². The lowest BCUT2D eigenvalue weighted by Crippen LogP contribution is -2.30. The summed E-state index contributed by atoms with van der Waals surface area (Å²) in [6.45, 7) is 7.32. The van der Waals surface area contributed by atoms with Gasteiger partial charge in [0.1, 0.15) is 5.69 Å². The Morgan fingerprint density at radius 2 is 2.10 bits per heavy atom. The van der Waals surface area contributed by atoms with Crippen LogP contribution in [0.3, 0.4) is 0 Å². The maximum absolute atomic E-state index is 12.3. The monoisotopic (exact) mass is 293 g/mol.